The Hall–Kier alpha value is -1.90. The summed E-state index contributed by atoms with van der Waals surface area (Å²) in [6.07, 6.45) is 2.81. The van der Waals surface area contributed by atoms with E-state index in [4.69, 9.17) is 0 Å². The summed E-state index contributed by atoms with van der Waals surface area (Å²) < 4.78 is 39.9. The second-order valence-electron chi connectivity index (χ2n) is 6.66. The smallest absolute Gasteiger partial charge is 0.243 e. The van der Waals surface area contributed by atoms with Crippen LogP contribution in [0, 0.1) is 5.82 Å². The van der Waals surface area contributed by atoms with Crippen LogP contribution < -0.4 is 5.32 Å². The van der Waals surface area contributed by atoms with Gasteiger partial charge in [-0.15, -0.1) is 11.8 Å². The van der Waals surface area contributed by atoms with Gasteiger partial charge in [-0.05, 0) is 48.7 Å². The molecule has 0 atom stereocenters. The molecule has 1 heterocycles. The lowest BCUT2D eigenvalue weighted by molar-refractivity contribution is -0.113. The lowest BCUT2D eigenvalue weighted by atomic mass is 10.2. The number of anilines is 1. The Morgan fingerprint density at radius 3 is 2.50 bits per heavy atom. The molecule has 5 nitrogen and oxygen atoms in total. The molecule has 1 fully saturated rings. The van der Waals surface area contributed by atoms with Gasteiger partial charge in [-0.1, -0.05) is 24.6 Å². The van der Waals surface area contributed by atoms with Gasteiger partial charge >= 0.3 is 0 Å². The van der Waals surface area contributed by atoms with Crippen LogP contribution in [-0.2, 0) is 20.6 Å². The summed E-state index contributed by atoms with van der Waals surface area (Å²) in [5.41, 5.74) is 1.40. The summed E-state index contributed by atoms with van der Waals surface area (Å²) in [5.74, 6) is 0.322. The number of nitrogens with zero attached hydrogens (tertiary/aromatic N) is 1. The third-order valence-corrected chi connectivity index (χ3v) is 7.38. The molecule has 0 aromatic heterocycles. The van der Waals surface area contributed by atoms with E-state index in [1.54, 1.807) is 30.3 Å². The number of hydrogen-bond donors (Lipinski definition) is 1. The highest BCUT2D eigenvalue weighted by molar-refractivity contribution is 7.99. The molecular weight excluding hydrogens is 399 g/mol. The Balaban J connectivity index is 1.56. The maximum atomic E-state index is 12.9. The van der Waals surface area contributed by atoms with E-state index < -0.39 is 10.0 Å². The van der Waals surface area contributed by atoms with Crippen LogP contribution in [0.25, 0.3) is 0 Å². The van der Waals surface area contributed by atoms with Gasteiger partial charge in [0.25, 0.3) is 0 Å². The van der Waals surface area contributed by atoms with Crippen molar-refractivity contribution in [2.75, 3.05) is 24.2 Å². The van der Waals surface area contributed by atoms with Crippen molar-refractivity contribution in [3.63, 3.8) is 0 Å². The minimum absolute atomic E-state index is 0.200. The predicted octanol–water partition coefficient (Wildman–Crippen LogP) is 3.87. The molecule has 8 heteroatoms. The first-order chi connectivity index (χ1) is 13.4. The van der Waals surface area contributed by atoms with Crippen molar-refractivity contribution in [1.82, 2.24) is 4.31 Å². The van der Waals surface area contributed by atoms with E-state index in [2.05, 4.69) is 5.32 Å². The first-order valence-electron chi connectivity index (χ1n) is 9.17. The molecule has 2 aromatic carbocycles. The SMILES string of the molecule is O=C(CSCc1ccc(F)cc1)Nc1cccc(S(=O)(=O)N2CCCCC2)c1. The highest BCUT2D eigenvalue weighted by Crippen LogP contribution is 2.23. The summed E-state index contributed by atoms with van der Waals surface area (Å²) in [6, 6.07) is 12.5. The molecule has 0 aliphatic carbocycles. The van der Waals surface area contributed by atoms with Crippen molar-refractivity contribution < 1.29 is 17.6 Å². The average molecular weight is 423 g/mol. The van der Waals surface area contributed by atoms with E-state index in [0.29, 0.717) is 24.5 Å². The van der Waals surface area contributed by atoms with Crippen LogP contribution in [0.3, 0.4) is 0 Å². The standard InChI is InChI=1S/C20H23FN2O3S2/c21-17-9-7-16(8-10-17)14-27-15-20(24)22-18-5-4-6-19(13-18)28(25,26)23-11-2-1-3-12-23/h4-10,13H,1-3,11-12,14-15H2,(H,22,24). The quantitative estimate of drug-likeness (QED) is 0.736. The fourth-order valence-electron chi connectivity index (χ4n) is 3.03. The van der Waals surface area contributed by atoms with Gasteiger partial charge in [-0.3, -0.25) is 4.79 Å². The van der Waals surface area contributed by atoms with Gasteiger partial charge < -0.3 is 5.32 Å². The number of rotatable bonds is 7. The Kier molecular flexibility index (Phi) is 7.09. The number of halogens is 1. The van der Waals surface area contributed by atoms with Crippen molar-refractivity contribution in [1.29, 1.82) is 0 Å². The van der Waals surface area contributed by atoms with Crippen LogP contribution in [0.4, 0.5) is 10.1 Å². The van der Waals surface area contributed by atoms with Crippen LogP contribution in [-0.4, -0.2) is 37.5 Å². The van der Waals surface area contributed by atoms with Crippen molar-refractivity contribution in [3.8, 4) is 0 Å². The first kappa shape index (κ1) is 20.8. The Labute approximate surface area is 169 Å². The van der Waals surface area contributed by atoms with Crippen molar-refractivity contribution >= 4 is 33.4 Å². The molecule has 0 bridgehead atoms. The number of thioether (sulfide) groups is 1. The molecule has 1 N–H and O–H groups in total. The largest absolute Gasteiger partial charge is 0.325 e. The van der Waals surface area contributed by atoms with Crippen LogP contribution in [0.15, 0.2) is 53.4 Å². The van der Waals surface area contributed by atoms with Crippen LogP contribution in [0.2, 0.25) is 0 Å². The maximum Gasteiger partial charge on any atom is 0.243 e. The van der Waals surface area contributed by atoms with Crippen molar-refractivity contribution in [3.05, 3.63) is 59.9 Å². The molecule has 28 heavy (non-hydrogen) atoms. The normalized spacial score (nSPS) is 15.3. The molecule has 0 spiro atoms. The maximum absolute atomic E-state index is 12.9. The zero-order chi connectivity index (χ0) is 20.0. The van der Waals surface area contributed by atoms with E-state index in [1.165, 1.54) is 34.3 Å². The lowest BCUT2D eigenvalue weighted by Crippen LogP contribution is -2.35. The van der Waals surface area contributed by atoms with E-state index in [9.17, 15) is 17.6 Å². The topological polar surface area (TPSA) is 66.5 Å². The molecule has 0 radical (unpaired) electrons. The fraction of sp³-hybridized carbons (Fsp3) is 0.350. The van der Waals surface area contributed by atoms with E-state index in [0.717, 1.165) is 24.8 Å². The van der Waals surface area contributed by atoms with Crippen molar-refractivity contribution in [2.45, 2.75) is 29.9 Å². The van der Waals surface area contributed by atoms with Crippen LogP contribution in [0.1, 0.15) is 24.8 Å². The zero-order valence-corrected chi connectivity index (χ0v) is 17.1. The molecular formula is C20H23FN2O3S2. The summed E-state index contributed by atoms with van der Waals surface area (Å²) in [4.78, 5) is 12.4. The number of sulfonamides is 1. The number of piperidine rings is 1. The molecule has 1 aliphatic heterocycles. The summed E-state index contributed by atoms with van der Waals surface area (Å²) in [5, 5.41) is 2.75. The monoisotopic (exact) mass is 422 g/mol. The minimum atomic E-state index is -3.53. The third-order valence-electron chi connectivity index (χ3n) is 4.49. The van der Waals surface area contributed by atoms with Gasteiger partial charge in [0.1, 0.15) is 5.82 Å². The molecule has 1 aliphatic rings. The third kappa shape index (κ3) is 5.56. The minimum Gasteiger partial charge on any atom is -0.325 e. The fourth-order valence-corrected chi connectivity index (χ4v) is 5.38. The number of amides is 1. The molecule has 3 rings (SSSR count). The van der Waals surface area contributed by atoms with Gasteiger partial charge in [-0.25, -0.2) is 12.8 Å². The highest BCUT2D eigenvalue weighted by atomic mass is 32.2. The molecule has 150 valence electrons. The highest BCUT2D eigenvalue weighted by Gasteiger charge is 2.26. The summed E-state index contributed by atoms with van der Waals surface area (Å²) in [7, 11) is -3.53. The second-order valence-corrected chi connectivity index (χ2v) is 9.58. The Morgan fingerprint density at radius 1 is 1.07 bits per heavy atom. The molecule has 1 amide bonds. The number of carbonyl (C=O) groups excluding carboxylic acids is 1. The van der Waals surface area contributed by atoms with Crippen LogP contribution in [0.5, 0.6) is 0 Å². The average Bonchev–Trinajstić information content (AvgIpc) is 2.70. The Morgan fingerprint density at radius 2 is 1.79 bits per heavy atom. The molecule has 2 aromatic rings. The summed E-state index contributed by atoms with van der Waals surface area (Å²) >= 11 is 1.41. The number of nitrogens with one attached hydrogen (secondary N) is 1. The zero-order valence-electron chi connectivity index (χ0n) is 15.4. The van der Waals surface area contributed by atoms with E-state index in [1.807, 2.05) is 0 Å². The van der Waals surface area contributed by atoms with Gasteiger partial charge in [0, 0.05) is 24.5 Å². The van der Waals surface area contributed by atoms with Gasteiger partial charge in [-0.2, -0.15) is 4.31 Å². The van der Waals surface area contributed by atoms with Gasteiger partial charge in [0.15, 0.2) is 0 Å². The number of hydrogen-bond acceptors (Lipinski definition) is 4. The summed E-state index contributed by atoms with van der Waals surface area (Å²) in [6.45, 7) is 1.08. The van der Waals surface area contributed by atoms with E-state index >= 15 is 0 Å². The molecule has 0 unspecified atom stereocenters. The van der Waals surface area contributed by atoms with E-state index in [-0.39, 0.29) is 22.4 Å². The molecule has 0 saturated carbocycles. The first-order valence-corrected chi connectivity index (χ1v) is 11.8. The number of carbonyl (C=O) groups is 1. The van der Waals surface area contributed by atoms with Crippen LogP contribution >= 0.6 is 11.8 Å². The molecule has 1 saturated heterocycles. The van der Waals surface area contributed by atoms with Gasteiger partial charge in [0.2, 0.25) is 15.9 Å². The second kappa shape index (κ2) is 9.54. The lowest BCUT2D eigenvalue weighted by Gasteiger charge is -2.26. The predicted molar refractivity (Wildman–Crippen MR) is 110 cm³/mol. The Bertz CT molecular complexity index is 911. The van der Waals surface area contributed by atoms with Crippen molar-refractivity contribution in [2.24, 2.45) is 0 Å². The van der Waals surface area contributed by atoms with Gasteiger partial charge in [0.05, 0.1) is 10.6 Å². The number of benzene rings is 2.